The molecule has 0 fully saturated rings. The van der Waals surface area contributed by atoms with Crippen LogP contribution in [0, 0.1) is 6.92 Å². The molecule has 136 valence electrons. The minimum atomic E-state index is 0.442. The van der Waals surface area contributed by atoms with Crippen LogP contribution in [0.2, 0.25) is 5.15 Å². The lowest BCUT2D eigenvalue weighted by Gasteiger charge is -2.09. The number of benzene rings is 2. The standard InChI is InChI=1S/C22H20ClN3O/c1-16-24-20-21(18-11-5-6-12-19(18)25-22(20)23)26(16)13-15-27-14-7-10-17-8-3-2-4-9-17/h2-12H,13-15H2,1H3. The Labute approximate surface area is 163 Å². The molecule has 0 amide bonds. The number of para-hydroxylation sites is 1. The van der Waals surface area contributed by atoms with Gasteiger partial charge in [-0.25, -0.2) is 9.97 Å². The number of fused-ring (bicyclic) bond motifs is 3. The van der Waals surface area contributed by atoms with Crippen molar-refractivity contribution in [3.8, 4) is 0 Å². The van der Waals surface area contributed by atoms with Crippen LogP contribution in [0.5, 0.6) is 0 Å². The van der Waals surface area contributed by atoms with E-state index < -0.39 is 0 Å². The SMILES string of the molecule is Cc1nc2c(Cl)nc3ccccc3c2n1CCOCC=Cc1ccccc1. The van der Waals surface area contributed by atoms with Crippen molar-refractivity contribution in [3.63, 3.8) is 0 Å². The lowest BCUT2D eigenvalue weighted by atomic mass is 10.2. The highest BCUT2D eigenvalue weighted by Crippen LogP contribution is 2.29. The van der Waals surface area contributed by atoms with Gasteiger partial charge in [-0.2, -0.15) is 0 Å². The number of halogens is 1. The lowest BCUT2D eigenvalue weighted by Crippen LogP contribution is -2.08. The smallest absolute Gasteiger partial charge is 0.157 e. The first-order valence-corrected chi connectivity index (χ1v) is 9.32. The molecule has 0 saturated heterocycles. The zero-order valence-corrected chi connectivity index (χ0v) is 15.9. The number of pyridine rings is 1. The zero-order valence-electron chi connectivity index (χ0n) is 15.1. The van der Waals surface area contributed by atoms with E-state index >= 15 is 0 Å². The summed E-state index contributed by atoms with van der Waals surface area (Å²) in [5.74, 6) is 0.911. The molecular weight excluding hydrogens is 358 g/mol. The Hall–Kier alpha value is -2.69. The predicted molar refractivity (Wildman–Crippen MR) is 111 cm³/mol. The van der Waals surface area contributed by atoms with Gasteiger partial charge in [0.25, 0.3) is 0 Å². The van der Waals surface area contributed by atoms with Crippen LogP contribution in [0.25, 0.3) is 28.0 Å². The van der Waals surface area contributed by atoms with Crippen LogP contribution in [0.4, 0.5) is 0 Å². The number of aryl methyl sites for hydroxylation is 1. The number of imidazole rings is 1. The Bertz CT molecular complexity index is 1100. The van der Waals surface area contributed by atoms with E-state index in [2.05, 4.69) is 38.8 Å². The topological polar surface area (TPSA) is 39.9 Å². The second-order valence-corrected chi connectivity index (χ2v) is 6.67. The number of nitrogens with zero attached hydrogens (tertiary/aromatic N) is 3. The van der Waals surface area contributed by atoms with Gasteiger partial charge >= 0.3 is 0 Å². The maximum absolute atomic E-state index is 6.35. The molecule has 27 heavy (non-hydrogen) atoms. The Morgan fingerprint density at radius 1 is 1.04 bits per heavy atom. The second-order valence-electron chi connectivity index (χ2n) is 6.32. The largest absolute Gasteiger partial charge is 0.376 e. The predicted octanol–water partition coefficient (Wildman–Crippen LogP) is 5.28. The van der Waals surface area contributed by atoms with Gasteiger partial charge in [0.15, 0.2) is 5.15 Å². The summed E-state index contributed by atoms with van der Waals surface area (Å²) in [7, 11) is 0. The molecule has 0 aliphatic carbocycles. The Balaban J connectivity index is 1.49. The van der Waals surface area contributed by atoms with Gasteiger partial charge in [0.2, 0.25) is 0 Å². The number of hydrogen-bond acceptors (Lipinski definition) is 3. The number of ether oxygens (including phenoxy) is 1. The third-order valence-corrected chi connectivity index (χ3v) is 4.78. The molecule has 0 radical (unpaired) electrons. The van der Waals surface area contributed by atoms with E-state index in [9.17, 15) is 0 Å². The monoisotopic (exact) mass is 377 g/mol. The van der Waals surface area contributed by atoms with Gasteiger partial charge in [0, 0.05) is 11.9 Å². The first kappa shape index (κ1) is 17.7. The fourth-order valence-electron chi connectivity index (χ4n) is 3.24. The van der Waals surface area contributed by atoms with Gasteiger partial charge in [-0.05, 0) is 18.6 Å². The van der Waals surface area contributed by atoms with Crippen molar-refractivity contribution in [2.24, 2.45) is 0 Å². The zero-order chi connectivity index (χ0) is 18.6. The second kappa shape index (κ2) is 7.91. The fourth-order valence-corrected chi connectivity index (χ4v) is 3.46. The Morgan fingerprint density at radius 3 is 2.67 bits per heavy atom. The van der Waals surface area contributed by atoms with E-state index in [0.29, 0.717) is 24.9 Å². The first-order chi connectivity index (χ1) is 13.2. The van der Waals surface area contributed by atoms with Gasteiger partial charge in [0.05, 0.1) is 24.2 Å². The van der Waals surface area contributed by atoms with Crippen molar-refractivity contribution < 1.29 is 4.74 Å². The highest BCUT2D eigenvalue weighted by atomic mass is 35.5. The van der Waals surface area contributed by atoms with Crippen molar-refractivity contribution >= 4 is 39.6 Å². The quantitative estimate of drug-likeness (QED) is 0.339. The van der Waals surface area contributed by atoms with E-state index in [1.807, 2.05) is 49.4 Å². The molecule has 4 rings (SSSR count). The summed E-state index contributed by atoms with van der Waals surface area (Å²) in [6, 6.07) is 18.2. The summed E-state index contributed by atoms with van der Waals surface area (Å²) in [5.41, 5.74) is 3.82. The van der Waals surface area contributed by atoms with Crippen LogP contribution < -0.4 is 0 Å². The number of rotatable bonds is 6. The van der Waals surface area contributed by atoms with E-state index in [1.54, 1.807) is 0 Å². The van der Waals surface area contributed by atoms with Gasteiger partial charge in [-0.15, -0.1) is 0 Å². The highest BCUT2D eigenvalue weighted by molar-refractivity contribution is 6.35. The molecule has 0 N–H and O–H groups in total. The normalized spacial score (nSPS) is 11.8. The molecule has 0 unspecified atom stereocenters. The molecule has 2 aromatic carbocycles. The van der Waals surface area contributed by atoms with Crippen LogP contribution in [0.15, 0.2) is 60.7 Å². The molecular formula is C22H20ClN3O. The van der Waals surface area contributed by atoms with Gasteiger partial charge in [-0.3, -0.25) is 0 Å². The first-order valence-electron chi connectivity index (χ1n) is 8.94. The molecule has 2 heterocycles. The van der Waals surface area contributed by atoms with E-state index in [0.717, 1.165) is 27.8 Å². The molecule has 0 atom stereocenters. The molecule has 4 aromatic rings. The summed E-state index contributed by atoms with van der Waals surface area (Å²) < 4.78 is 7.95. The summed E-state index contributed by atoms with van der Waals surface area (Å²) in [6.45, 7) is 3.87. The molecule has 0 aliphatic heterocycles. The van der Waals surface area contributed by atoms with Gasteiger partial charge in [-0.1, -0.05) is 72.3 Å². The average molecular weight is 378 g/mol. The maximum Gasteiger partial charge on any atom is 0.157 e. The number of aromatic nitrogens is 3. The van der Waals surface area contributed by atoms with Gasteiger partial charge in [0.1, 0.15) is 11.3 Å². The minimum Gasteiger partial charge on any atom is -0.376 e. The maximum atomic E-state index is 6.35. The third kappa shape index (κ3) is 3.72. The van der Waals surface area contributed by atoms with Crippen molar-refractivity contribution in [1.82, 2.24) is 14.5 Å². The molecule has 0 saturated carbocycles. The van der Waals surface area contributed by atoms with Crippen molar-refractivity contribution in [2.75, 3.05) is 13.2 Å². The molecule has 2 aromatic heterocycles. The summed E-state index contributed by atoms with van der Waals surface area (Å²) in [6.07, 6.45) is 4.10. The Morgan fingerprint density at radius 2 is 1.81 bits per heavy atom. The van der Waals surface area contributed by atoms with Crippen molar-refractivity contribution in [2.45, 2.75) is 13.5 Å². The molecule has 0 spiro atoms. The highest BCUT2D eigenvalue weighted by Gasteiger charge is 2.15. The van der Waals surface area contributed by atoms with Crippen molar-refractivity contribution in [1.29, 1.82) is 0 Å². The summed E-state index contributed by atoms with van der Waals surface area (Å²) in [5, 5.41) is 1.50. The molecule has 0 bridgehead atoms. The number of hydrogen-bond donors (Lipinski definition) is 0. The average Bonchev–Trinajstić information content (AvgIpc) is 3.03. The Kier molecular flexibility index (Phi) is 5.19. The van der Waals surface area contributed by atoms with Crippen molar-refractivity contribution in [3.05, 3.63) is 77.2 Å². The van der Waals surface area contributed by atoms with Crippen LogP contribution in [-0.4, -0.2) is 27.7 Å². The summed E-state index contributed by atoms with van der Waals surface area (Å²) >= 11 is 6.35. The van der Waals surface area contributed by atoms with E-state index in [4.69, 9.17) is 16.3 Å². The van der Waals surface area contributed by atoms with Crippen LogP contribution in [0.3, 0.4) is 0 Å². The molecule has 5 heteroatoms. The minimum absolute atomic E-state index is 0.442. The third-order valence-electron chi connectivity index (χ3n) is 4.51. The van der Waals surface area contributed by atoms with Gasteiger partial charge < -0.3 is 9.30 Å². The lowest BCUT2D eigenvalue weighted by molar-refractivity contribution is 0.154. The van der Waals surface area contributed by atoms with Crippen LogP contribution in [-0.2, 0) is 11.3 Å². The molecule has 4 nitrogen and oxygen atoms in total. The fraction of sp³-hybridized carbons (Fsp3) is 0.182. The van der Waals surface area contributed by atoms with Crippen LogP contribution >= 0.6 is 11.6 Å². The van der Waals surface area contributed by atoms with E-state index in [-0.39, 0.29) is 0 Å². The summed E-state index contributed by atoms with van der Waals surface area (Å²) in [4.78, 5) is 9.07. The molecule has 0 aliphatic rings. The van der Waals surface area contributed by atoms with E-state index in [1.165, 1.54) is 5.56 Å². The van der Waals surface area contributed by atoms with Crippen LogP contribution in [0.1, 0.15) is 11.4 Å².